The van der Waals surface area contributed by atoms with E-state index >= 15 is 0 Å². The zero-order valence-electron chi connectivity index (χ0n) is 26.7. The Labute approximate surface area is 259 Å². The largest absolute Gasteiger partial charge is 0.453 e. The van der Waals surface area contributed by atoms with Gasteiger partial charge in [-0.05, 0) is 88.4 Å². The van der Waals surface area contributed by atoms with Gasteiger partial charge in [0, 0.05) is 25.7 Å². The van der Waals surface area contributed by atoms with Crippen LogP contribution in [-0.4, -0.2) is 93.7 Å². The Hall–Kier alpha value is -1.59. The quantitative estimate of drug-likeness (QED) is 0.451. The SMILES string of the molecule is COC(=O)N1C2CCC(C3CCC(NS(C)(=O)=O)CC3)CC2N(C(=O)OC2CNCC3(CCCCCCCC3)C2)C[C@@H]1C. The molecule has 0 bridgehead atoms. The van der Waals surface area contributed by atoms with E-state index in [1.54, 1.807) is 0 Å². The summed E-state index contributed by atoms with van der Waals surface area (Å²) in [6, 6.07) is -0.341. The summed E-state index contributed by atoms with van der Waals surface area (Å²) >= 11 is 0. The second-order valence-corrected chi connectivity index (χ2v) is 16.3. The van der Waals surface area contributed by atoms with Crippen LogP contribution >= 0.6 is 0 Å². The Morgan fingerprint density at radius 1 is 0.884 bits per heavy atom. The summed E-state index contributed by atoms with van der Waals surface area (Å²) < 4.78 is 37.8. The molecule has 0 aromatic rings. The smallest absolute Gasteiger partial charge is 0.410 e. The number of sulfonamides is 1. The first-order valence-electron chi connectivity index (χ1n) is 17.1. The molecule has 43 heavy (non-hydrogen) atoms. The van der Waals surface area contributed by atoms with Gasteiger partial charge in [0.1, 0.15) is 6.10 Å². The Morgan fingerprint density at radius 2 is 1.53 bits per heavy atom. The van der Waals surface area contributed by atoms with E-state index in [0.29, 0.717) is 24.9 Å². The van der Waals surface area contributed by atoms with E-state index in [1.165, 1.54) is 64.7 Å². The Bertz CT molecular complexity index is 1050. The van der Waals surface area contributed by atoms with Crippen LogP contribution < -0.4 is 10.0 Å². The van der Waals surface area contributed by atoms with Crippen molar-refractivity contribution in [1.29, 1.82) is 0 Å². The van der Waals surface area contributed by atoms with Crippen LogP contribution in [0.5, 0.6) is 0 Å². The predicted octanol–water partition coefficient (Wildman–Crippen LogP) is 5.02. The van der Waals surface area contributed by atoms with Crippen LogP contribution in [0.2, 0.25) is 0 Å². The Balaban J connectivity index is 1.26. The Kier molecular flexibility index (Phi) is 10.9. The van der Waals surface area contributed by atoms with Crippen molar-refractivity contribution in [3.05, 3.63) is 0 Å². The van der Waals surface area contributed by atoms with E-state index in [-0.39, 0.29) is 47.9 Å². The summed E-state index contributed by atoms with van der Waals surface area (Å²) in [5.74, 6) is 0.926. The second kappa shape index (κ2) is 14.2. The van der Waals surface area contributed by atoms with Gasteiger partial charge >= 0.3 is 12.2 Å². The monoisotopic (exact) mass is 624 g/mol. The van der Waals surface area contributed by atoms with Crippen LogP contribution in [0.1, 0.15) is 110 Å². The van der Waals surface area contributed by atoms with Gasteiger partial charge in [-0.3, -0.25) is 4.90 Å². The molecule has 5 rings (SSSR count). The number of ether oxygens (including phenoxy) is 2. The standard InChI is InChI=1S/C32H56N4O6S/c1-23-21-35(30(37)42-27-19-32(22-33-20-27)16-8-6-4-5-7-9-17-32)29-18-25(12-15-28(29)36(23)31(38)41-2)24-10-13-26(14-11-24)34-43(3,39)40/h23-29,33-34H,4-22H2,1-3H3/t23-,24?,25?,26?,27?,28?,29?/m0/s1. The average Bonchev–Trinajstić information content (AvgIpc) is 3.08. The van der Waals surface area contributed by atoms with Crippen molar-refractivity contribution < 1.29 is 27.5 Å². The van der Waals surface area contributed by atoms with Gasteiger partial charge < -0.3 is 19.7 Å². The number of fused-ring (bicyclic) bond motifs is 1. The van der Waals surface area contributed by atoms with Crippen molar-refractivity contribution in [2.24, 2.45) is 17.3 Å². The minimum Gasteiger partial charge on any atom is -0.453 e. The number of carbonyl (C=O) groups is 2. The minimum atomic E-state index is -3.21. The molecule has 2 heterocycles. The number of hydrogen-bond acceptors (Lipinski definition) is 7. The molecule has 5 fully saturated rings. The number of hydrogen-bond donors (Lipinski definition) is 2. The highest BCUT2D eigenvalue weighted by atomic mass is 32.2. The van der Waals surface area contributed by atoms with Crippen LogP contribution in [0, 0.1) is 17.3 Å². The fourth-order valence-electron chi connectivity index (χ4n) is 9.36. The van der Waals surface area contributed by atoms with Crippen molar-refractivity contribution >= 4 is 22.2 Å². The average molecular weight is 625 g/mol. The van der Waals surface area contributed by atoms with Crippen molar-refractivity contribution in [2.75, 3.05) is 33.0 Å². The van der Waals surface area contributed by atoms with Crippen LogP contribution in [0.25, 0.3) is 0 Å². The number of piperazine rings is 1. The zero-order chi connectivity index (χ0) is 30.6. The van der Waals surface area contributed by atoms with Crippen LogP contribution in [0.4, 0.5) is 9.59 Å². The van der Waals surface area contributed by atoms with E-state index < -0.39 is 10.0 Å². The number of nitrogens with zero attached hydrogens (tertiary/aromatic N) is 2. The number of nitrogens with one attached hydrogen (secondary N) is 2. The van der Waals surface area contributed by atoms with Crippen molar-refractivity contribution in [3.8, 4) is 0 Å². The van der Waals surface area contributed by atoms with Gasteiger partial charge in [-0.25, -0.2) is 22.7 Å². The summed E-state index contributed by atoms with van der Waals surface area (Å²) in [7, 11) is -1.78. The molecule has 2 amide bonds. The molecule has 0 aromatic heterocycles. The van der Waals surface area contributed by atoms with Gasteiger partial charge in [-0.1, -0.05) is 38.5 Å². The van der Waals surface area contributed by atoms with Crippen LogP contribution in [0.15, 0.2) is 0 Å². The van der Waals surface area contributed by atoms with Gasteiger partial charge in [-0.15, -0.1) is 0 Å². The maximum Gasteiger partial charge on any atom is 0.410 e. The molecule has 11 heteroatoms. The van der Waals surface area contributed by atoms with Gasteiger partial charge in [0.15, 0.2) is 0 Å². The minimum absolute atomic E-state index is 0.00835. The lowest BCUT2D eigenvalue weighted by Gasteiger charge is -2.54. The van der Waals surface area contributed by atoms with Gasteiger partial charge in [0.2, 0.25) is 10.0 Å². The van der Waals surface area contributed by atoms with E-state index in [2.05, 4.69) is 10.0 Å². The summed E-state index contributed by atoms with van der Waals surface area (Å²) in [6.07, 6.45) is 18.0. The third kappa shape index (κ3) is 8.17. The Morgan fingerprint density at radius 3 is 2.19 bits per heavy atom. The van der Waals surface area contributed by atoms with Gasteiger partial charge in [0.05, 0.1) is 31.5 Å². The molecule has 5 aliphatic rings. The lowest BCUT2D eigenvalue weighted by Crippen LogP contribution is -2.67. The van der Waals surface area contributed by atoms with E-state index in [4.69, 9.17) is 9.47 Å². The molecule has 2 N–H and O–H groups in total. The molecule has 10 nitrogen and oxygen atoms in total. The highest BCUT2D eigenvalue weighted by Crippen LogP contribution is 2.44. The number of methoxy groups -OCH3 is 1. The fourth-order valence-corrected chi connectivity index (χ4v) is 10.2. The first kappa shape index (κ1) is 32.8. The summed E-state index contributed by atoms with van der Waals surface area (Å²) in [4.78, 5) is 30.7. The molecule has 4 unspecified atom stereocenters. The topological polar surface area (TPSA) is 117 Å². The van der Waals surface area contributed by atoms with Crippen LogP contribution in [-0.2, 0) is 19.5 Å². The maximum absolute atomic E-state index is 14.0. The number of carbonyl (C=O) groups excluding carboxylic acids is 2. The lowest BCUT2D eigenvalue weighted by atomic mass is 9.69. The molecule has 0 radical (unpaired) electrons. The van der Waals surface area contributed by atoms with Crippen molar-refractivity contribution in [2.45, 2.75) is 140 Å². The second-order valence-electron chi connectivity index (χ2n) is 14.6. The highest BCUT2D eigenvalue weighted by Gasteiger charge is 2.50. The summed E-state index contributed by atoms with van der Waals surface area (Å²) in [5.41, 5.74) is 0.216. The zero-order valence-corrected chi connectivity index (χ0v) is 27.5. The normalized spacial score (nSPS) is 35.7. The summed E-state index contributed by atoms with van der Waals surface area (Å²) in [5, 5.41) is 3.63. The van der Waals surface area contributed by atoms with Crippen molar-refractivity contribution in [3.63, 3.8) is 0 Å². The first-order chi connectivity index (χ1) is 20.6. The summed E-state index contributed by atoms with van der Waals surface area (Å²) in [6.45, 7) is 4.17. The van der Waals surface area contributed by atoms with Gasteiger partial charge in [0.25, 0.3) is 0 Å². The molecule has 1 spiro atoms. The third-order valence-corrected chi connectivity index (χ3v) is 12.2. The maximum atomic E-state index is 14.0. The molecular formula is C32H56N4O6S. The van der Waals surface area contributed by atoms with Crippen LogP contribution in [0.3, 0.4) is 0 Å². The molecule has 3 saturated carbocycles. The number of amides is 2. The van der Waals surface area contributed by atoms with E-state index in [0.717, 1.165) is 57.9 Å². The lowest BCUT2D eigenvalue weighted by molar-refractivity contribution is -0.0561. The highest BCUT2D eigenvalue weighted by molar-refractivity contribution is 7.88. The number of piperidine rings is 1. The predicted molar refractivity (Wildman–Crippen MR) is 166 cm³/mol. The van der Waals surface area contributed by atoms with E-state index in [9.17, 15) is 18.0 Å². The molecule has 246 valence electrons. The first-order valence-corrected chi connectivity index (χ1v) is 19.0. The third-order valence-electron chi connectivity index (χ3n) is 11.4. The molecule has 3 aliphatic carbocycles. The molecule has 5 atom stereocenters. The molecule has 2 saturated heterocycles. The van der Waals surface area contributed by atoms with Gasteiger partial charge in [-0.2, -0.15) is 0 Å². The molecular weight excluding hydrogens is 568 g/mol. The number of rotatable bonds is 4. The van der Waals surface area contributed by atoms with Crippen molar-refractivity contribution in [1.82, 2.24) is 19.8 Å². The molecule has 2 aliphatic heterocycles. The fraction of sp³-hybridized carbons (Fsp3) is 0.938. The molecule has 0 aromatic carbocycles. The van der Waals surface area contributed by atoms with E-state index in [1.807, 2.05) is 16.7 Å².